The molecule has 0 unspecified atom stereocenters. The predicted molar refractivity (Wildman–Crippen MR) is 76.8 cm³/mol. The van der Waals surface area contributed by atoms with E-state index in [1.165, 1.54) is 18.5 Å². The Kier molecular flexibility index (Phi) is 3.95. The van der Waals surface area contributed by atoms with Crippen LogP contribution in [-0.2, 0) is 0 Å². The Labute approximate surface area is 126 Å². The lowest BCUT2D eigenvalue weighted by Gasteiger charge is -2.14. The number of hydrogen-bond donors (Lipinski definition) is 1. The van der Waals surface area contributed by atoms with Gasteiger partial charge in [0.2, 0.25) is 5.95 Å². The Morgan fingerprint density at radius 1 is 1.09 bits per heavy atom. The van der Waals surface area contributed by atoms with E-state index in [9.17, 15) is 13.6 Å². The number of para-hydroxylation sites is 1. The number of aromatic nitrogens is 2. The average molecular weight is 304 g/mol. The first-order valence-corrected chi connectivity index (χ1v) is 6.97. The number of halogens is 2. The third kappa shape index (κ3) is 2.88. The van der Waals surface area contributed by atoms with Crippen LogP contribution in [0.5, 0.6) is 0 Å². The fourth-order valence-corrected chi connectivity index (χ4v) is 2.33. The number of rotatable bonds is 3. The van der Waals surface area contributed by atoms with E-state index in [0.717, 1.165) is 38.1 Å². The lowest BCUT2D eigenvalue weighted by atomic mass is 10.3. The van der Waals surface area contributed by atoms with Gasteiger partial charge in [0.25, 0.3) is 5.91 Å². The highest BCUT2D eigenvalue weighted by Gasteiger charge is 2.20. The van der Waals surface area contributed by atoms with Gasteiger partial charge in [-0.1, -0.05) is 6.07 Å². The van der Waals surface area contributed by atoms with Crippen LogP contribution in [0.25, 0.3) is 0 Å². The Hall–Kier alpha value is -2.57. The van der Waals surface area contributed by atoms with E-state index >= 15 is 0 Å². The number of nitrogens with zero attached hydrogens (tertiary/aromatic N) is 3. The summed E-state index contributed by atoms with van der Waals surface area (Å²) in [6.45, 7) is 1.47. The molecule has 0 spiro atoms. The van der Waals surface area contributed by atoms with Crippen molar-refractivity contribution in [3.05, 3.63) is 47.8 Å². The summed E-state index contributed by atoms with van der Waals surface area (Å²) < 4.78 is 27.1. The molecule has 7 heteroatoms. The van der Waals surface area contributed by atoms with Crippen molar-refractivity contribution in [3.63, 3.8) is 0 Å². The van der Waals surface area contributed by atoms with Gasteiger partial charge in [0.05, 0.1) is 5.56 Å². The van der Waals surface area contributed by atoms with Gasteiger partial charge in [-0.3, -0.25) is 4.79 Å². The van der Waals surface area contributed by atoms with Crippen molar-refractivity contribution in [1.82, 2.24) is 14.9 Å². The second kappa shape index (κ2) is 6.05. The molecule has 1 aromatic carbocycles. The predicted octanol–water partition coefficient (Wildman–Crippen LogP) is 2.73. The molecule has 3 rings (SSSR count). The van der Waals surface area contributed by atoms with E-state index in [1.54, 1.807) is 4.90 Å². The van der Waals surface area contributed by atoms with E-state index in [1.807, 2.05) is 0 Å². The number of hydrogen-bond acceptors (Lipinski definition) is 4. The van der Waals surface area contributed by atoms with Crippen LogP contribution in [0.3, 0.4) is 0 Å². The number of carbonyl (C=O) groups excluding carboxylic acids is 1. The Morgan fingerprint density at radius 3 is 2.27 bits per heavy atom. The summed E-state index contributed by atoms with van der Waals surface area (Å²) in [7, 11) is 0. The number of nitrogens with one attached hydrogen (secondary N) is 1. The maximum atomic E-state index is 13.5. The minimum atomic E-state index is -0.735. The Morgan fingerprint density at radius 2 is 1.68 bits per heavy atom. The molecule has 114 valence electrons. The van der Waals surface area contributed by atoms with Crippen LogP contribution in [0.2, 0.25) is 0 Å². The van der Waals surface area contributed by atoms with Gasteiger partial charge >= 0.3 is 0 Å². The fraction of sp³-hybridized carbons (Fsp3) is 0.267. The molecule has 1 aliphatic heterocycles. The summed E-state index contributed by atoms with van der Waals surface area (Å²) in [5, 5.41) is 2.48. The summed E-state index contributed by atoms with van der Waals surface area (Å²) in [4.78, 5) is 21.8. The van der Waals surface area contributed by atoms with Crippen LogP contribution in [0.15, 0.2) is 30.6 Å². The third-order valence-corrected chi connectivity index (χ3v) is 3.49. The van der Waals surface area contributed by atoms with Crippen molar-refractivity contribution < 1.29 is 13.6 Å². The first kappa shape index (κ1) is 14.4. The molecular formula is C15H14F2N4O. The van der Waals surface area contributed by atoms with Gasteiger partial charge < -0.3 is 10.2 Å². The summed E-state index contributed by atoms with van der Waals surface area (Å²) in [6, 6.07) is 3.54. The molecule has 1 amide bonds. The van der Waals surface area contributed by atoms with E-state index < -0.39 is 11.6 Å². The SMILES string of the molecule is O=C(c1cnc(Nc2c(F)cccc2F)nc1)N1CCCC1. The molecule has 22 heavy (non-hydrogen) atoms. The van der Waals surface area contributed by atoms with Crippen LogP contribution in [0, 0.1) is 11.6 Å². The number of likely N-dealkylation sites (tertiary alicyclic amines) is 1. The lowest BCUT2D eigenvalue weighted by molar-refractivity contribution is 0.0792. The van der Waals surface area contributed by atoms with Gasteiger partial charge in [-0.15, -0.1) is 0 Å². The maximum absolute atomic E-state index is 13.5. The molecule has 0 aliphatic carbocycles. The normalized spacial score (nSPS) is 14.2. The van der Waals surface area contributed by atoms with Crippen molar-refractivity contribution in [2.45, 2.75) is 12.8 Å². The first-order valence-electron chi connectivity index (χ1n) is 6.97. The number of anilines is 2. The molecule has 1 aromatic heterocycles. The van der Waals surface area contributed by atoms with Gasteiger partial charge in [-0.25, -0.2) is 18.7 Å². The van der Waals surface area contributed by atoms with Crippen molar-refractivity contribution in [2.75, 3.05) is 18.4 Å². The summed E-state index contributed by atoms with van der Waals surface area (Å²) >= 11 is 0. The van der Waals surface area contributed by atoms with E-state index in [2.05, 4.69) is 15.3 Å². The molecule has 2 heterocycles. The van der Waals surface area contributed by atoms with Crippen LogP contribution >= 0.6 is 0 Å². The Balaban J connectivity index is 1.75. The zero-order valence-electron chi connectivity index (χ0n) is 11.7. The number of benzene rings is 1. The molecule has 2 aromatic rings. The molecule has 1 N–H and O–H groups in total. The largest absolute Gasteiger partial charge is 0.339 e. The average Bonchev–Trinajstić information content (AvgIpc) is 3.05. The van der Waals surface area contributed by atoms with E-state index in [0.29, 0.717) is 5.56 Å². The highest BCUT2D eigenvalue weighted by molar-refractivity contribution is 5.93. The monoisotopic (exact) mass is 304 g/mol. The van der Waals surface area contributed by atoms with Crippen LogP contribution in [-0.4, -0.2) is 33.9 Å². The van der Waals surface area contributed by atoms with Crippen molar-refractivity contribution in [1.29, 1.82) is 0 Å². The third-order valence-electron chi connectivity index (χ3n) is 3.49. The van der Waals surface area contributed by atoms with Crippen molar-refractivity contribution in [3.8, 4) is 0 Å². The highest BCUT2D eigenvalue weighted by Crippen LogP contribution is 2.21. The second-order valence-electron chi connectivity index (χ2n) is 5.02. The fourth-order valence-electron chi connectivity index (χ4n) is 2.33. The van der Waals surface area contributed by atoms with Crippen LogP contribution in [0.1, 0.15) is 23.2 Å². The summed E-state index contributed by atoms with van der Waals surface area (Å²) in [6.07, 6.45) is 4.71. The van der Waals surface area contributed by atoms with Gasteiger partial charge in [-0.05, 0) is 25.0 Å². The quantitative estimate of drug-likeness (QED) is 0.947. The summed E-state index contributed by atoms with van der Waals surface area (Å²) in [5.74, 6) is -1.57. The second-order valence-corrected chi connectivity index (χ2v) is 5.02. The first-order chi connectivity index (χ1) is 10.6. The smallest absolute Gasteiger partial charge is 0.256 e. The van der Waals surface area contributed by atoms with Crippen LogP contribution < -0.4 is 5.32 Å². The number of amides is 1. The summed E-state index contributed by atoms with van der Waals surface area (Å²) in [5.41, 5.74) is 0.0441. The molecule has 5 nitrogen and oxygen atoms in total. The van der Waals surface area contributed by atoms with Gasteiger partial charge in [0.15, 0.2) is 0 Å². The zero-order valence-corrected chi connectivity index (χ0v) is 11.7. The van der Waals surface area contributed by atoms with Crippen LogP contribution in [0.4, 0.5) is 20.4 Å². The molecule has 0 saturated carbocycles. The van der Waals surface area contributed by atoms with E-state index in [-0.39, 0.29) is 17.5 Å². The molecule has 1 fully saturated rings. The molecule has 1 aliphatic rings. The van der Waals surface area contributed by atoms with Gasteiger partial charge in [-0.2, -0.15) is 0 Å². The highest BCUT2D eigenvalue weighted by atomic mass is 19.1. The maximum Gasteiger partial charge on any atom is 0.256 e. The molecule has 0 atom stereocenters. The molecule has 0 radical (unpaired) electrons. The van der Waals surface area contributed by atoms with Crippen molar-refractivity contribution >= 4 is 17.5 Å². The molecule has 1 saturated heterocycles. The number of carbonyl (C=O) groups is 1. The molecular weight excluding hydrogens is 290 g/mol. The zero-order chi connectivity index (χ0) is 15.5. The molecule has 0 bridgehead atoms. The standard InChI is InChI=1S/C15H14F2N4O/c16-11-4-3-5-12(17)13(11)20-15-18-8-10(9-19-15)14(22)21-6-1-2-7-21/h3-5,8-9H,1-2,6-7H2,(H,18,19,20). The minimum absolute atomic E-state index is 0.0296. The van der Waals surface area contributed by atoms with Gasteiger partial charge in [0, 0.05) is 25.5 Å². The minimum Gasteiger partial charge on any atom is -0.339 e. The topological polar surface area (TPSA) is 58.1 Å². The Bertz CT molecular complexity index is 664. The van der Waals surface area contributed by atoms with Crippen molar-refractivity contribution in [2.24, 2.45) is 0 Å². The lowest BCUT2D eigenvalue weighted by Crippen LogP contribution is -2.27. The van der Waals surface area contributed by atoms with Gasteiger partial charge in [0.1, 0.15) is 17.3 Å². The van der Waals surface area contributed by atoms with E-state index in [4.69, 9.17) is 0 Å².